The molecule has 0 N–H and O–H groups in total. The number of aromatic nitrogens is 1. The van der Waals surface area contributed by atoms with Gasteiger partial charge >= 0.3 is 0 Å². The van der Waals surface area contributed by atoms with Gasteiger partial charge < -0.3 is 19.3 Å². The highest BCUT2D eigenvalue weighted by molar-refractivity contribution is 5.94. The van der Waals surface area contributed by atoms with Crippen LogP contribution in [0.25, 0.3) is 0 Å². The minimum atomic E-state index is -0.303. The molecule has 1 aromatic heterocycles. The lowest BCUT2D eigenvalue weighted by atomic mass is 10.1. The molecule has 7 nitrogen and oxygen atoms in total. The number of ether oxygens (including phenoxy) is 2. The van der Waals surface area contributed by atoms with E-state index in [4.69, 9.17) is 9.47 Å². The zero-order valence-corrected chi connectivity index (χ0v) is 15.6. The van der Waals surface area contributed by atoms with E-state index in [1.165, 1.54) is 0 Å². The summed E-state index contributed by atoms with van der Waals surface area (Å²) in [6.45, 7) is 2.76. The summed E-state index contributed by atoms with van der Waals surface area (Å²) in [5.41, 5.74) is 0.562. The van der Waals surface area contributed by atoms with Gasteiger partial charge in [-0.15, -0.1) is 0 Å². The van der Waals surface area contributed by atoms with Crippen molar-refractivity contribution in [2.75, 3.05) is 32.8 Å². The van der Waals surface area contributed by atoms with Crippen LogP contribution in [-0.2, 0) is 9.53 Å². The Morgan fingerprint density at radius 1 is 1.04 bits per heavy atom. The molecule has 0 radical (unpaired) electrons. The van der Waals surface area contributed by atoms with Crippen molar-refractivity contribution in [1.82, 2.24) is 14.8 Å². The van der Waals surface area contributed by atoms with Gasteiger partial charge in [-0.25, -0.2) is 4.98 Å². The second-order valence-corrected chi connectivity index (χ2v) is 6.92. The van der Waals surface area contributed by atoms with Crippen molar-refractivity contribution in [3.05, 3.63) is 54.2 Å². The molecular weight excluding hydrogens is 358 g/mol. The van der Waals surface area contributed by atoms with Gasteiger partial charge in [-0.1, -0.05) is 12.1 Å². The van der Waals surface area contributed by atoms with E-state index >= 15 is 0 Å². The van der Waals surface area contributed by atoms with Gasteiger partial charge in [0, 0.05) is 50.6 Å². The maximum Gasteiger partial charge on any atom is 0.254 e. The average molecular weight is 381 g/mol. The van der Waals surface area contributed by atoms with Crippen molar-refractivity contribution in [2.45, 2.75) is 18.9 Å². The summed E-state index contributed by atoms with van der Waals surface area (Å²) >= 11 is 0. The van der Waals surface area contributed by atoms with E-state index in [0.29, 0.717) is 50.0 Å². The molecule has 0 aliphatic carbocycles. The molecule has 2 amide bonds. The topological polar surface area (TPSA) is 72.0 Å². The Morgan fingerprint density at radius 3 is 2.57 bits per heavy atom. The van der Waals surface area contributed by atoms with E-state index in [1.54, 1.807) is 46.3 Å². The lowest BCUT2D eigenvalue weighted by Gasteiger charge is -2.35. The molecule has 2 saturated heterocycles. The first-order chi connectivity index (χ1) is 13.7. The number of benzene rings is 1. The predicted octanol–water partition coefficient (Wildman–Crippen LogP) is 2.34. The van der Waals surface area contributed by atoms with Gasteiger partial charge in [0.2, 0.25) is 5.88 Å². The van der Waals surface area contributed by atoms with Crippen LogP contribution in [0, 0.1) is 0 Å². The third-order valence-corrected chi connectivity index (χ3v) is 5.02. The van der Waals surface area contributed by atoms with Gasteiger partial charge in [-0.3, -0.25) is 9.59 Å². The molecule has 1 atom stereocenters. The maximum atomic E-state index is 12.9. The van der Waals surface area contributed by atoms with Gasteiger partial charge in [0.05, 0.1) is 0 Å². The number of rotatable bonds is 4. The van der Waals surface area contributed by atoms with Crippen LogP contribution < -0.4 is 4.74 Å². The first kappa shape index (κ1) is 18.4. The molecule has 2 aromatic rings. The van der Waals surface area contributed by atoms with Gasteiger partial charge in [0.15, 0.2) is 0 Å². The second kappa shape index (κ2) is 8.39. The van der Waals surface area contributed by atoms with E-state index < -0.39 is 0 Å². The Kier molecular flexibility index (Phi) is 5.53. The normalized spacial score (nSPS) is 19.5. The van der Waals surface area contributed by atoms with Crippen molar-refractivity contribution in [2.24, 2.45) is 0 Å². The summed E-state index contributed by atoms with van der Waals surface area (Å²) in [6, 6.07) is 12.5. The lowest BCUT2D eigenvalue weighted by Crippen LogP contribution is -2.52. The number of nitrogens with zero attached hydrogens (tertiary/aromatic N) is 3. The molecule has 7 heteroatoms. The molecule has 0 spiro atoms. The third-order valence-electron chi connectivity index (χ3n) is 5.02. The fourth-order valence-electron chi connectivity index (χ4n) is 3.51. The fourth-order valence-corrected chi connectivity index (χ4v) is 3.51. The van der Waals surface area contributed by atoms with Crippen LogP contribution in [0.5, 0.6) is 11.6 Å². The van der Waals surface area contributed by atoms with Crippen molar-refractivity contribution in [3.8, 4) is 11.6 Å². The molecule has 2 fully saturated rings. The maximum absolute atomic E-state index is 12.9. The molecule has 4 rings (SSSR count). The number of carbonyl (C=O) groups excluding carboxylic acids is 2. The van der Waals surface area contributed by atoms with E-state index in [1.807, 2.05) is 12.1 Å². The Morgan fingerprint density at radius 2 is 1.86 bits per heavy atom. The molecule has 1 unspecified atom stereocenters. The molecular formula is C21H23N3O4. The molecule has 2 aliphatic heterocycles. The van der Waals surface area contributed by atoms with Crippen LogP contribution in [-0.4, -0.2) is 65.5 Å². The van der Waals surface area contributed by atoms with E-state index in [2.05, 4.69) is 4.98 Å². The highest BCUT2D eigenvalue weighted by Gasteiger charge is 2.31. The highest BCUT2D eigenvalue weighted by atomic mass is 16.5. The van der Waals surface area contributed by atoms with Gasteiger partial charge in [0.25, 0.3) is 11.8 Å². The van der Waals surface area contributed by atoms with Gasteiger partial charge in [0.1, 0.15) is 11.9 Å². The second-order valence-electron chi connectivity index (χ2n) is 6.92. The van der Waals surface area contributed by atoms with Crippen molar-refractivity contribution in [3.63, 3.8) is 0 Å². The molecule has 28 heavy (non-hydrogen) atoms. The highest BCUT2D eigenvalue weighted by Crippen LogP contribution is 2.22. The first-order valence-electron chi connectivity index (χ1n) is 9.59. The summed E-state index contributed by atoms with van der Waals surface area (Å²) in [6.07, 6.45) is 3.08. The molecule has 146 valence electrons. The number of piperazine rings is 1. The van der Waals surface area contributed by atoms with Gasteiger partial charge in [-0.2, -0.15) is 0 Å². The van der Waals surface area contributed by atoms with Crippen LogP contribution in [0.15, 0.2) is 48.7 Å². The Hall–Kier alpha value is -2.93. The minimum absolute atomic E-state index is 0.0513. The van der Waals surface area contributed by atoms with E-state index in [-0.39, 0.29) is 17.9 Å². The molecule has 3 heterocycles. The summed E-state index contributed by atoms with van der Waals surface area (Å²) < 4.78 is 11.2. The lowest BCUT2D eigenvalue weighted by molar-refractivity contribution is -0.142. The van der Waals surface area contributed by atoms with Crippen LogP contribution in [0.3, 0.4) is 0 Å². The van der Waals surface area contributed by atoms with E-state index in [9.17, 15) is 9.59 Å². The van der Waals surface area contributed by atoms with Crippen LogP contribution in [0.4, 0.5) is 0 Å². The molecule has 0 saturated carbocycles. The minimum Gasteiger partial charge on any atom is -0.439 e. The number of hydrogen-bond donors (Lipinski definition) is 0. The zero-order chi connectivity index (χ0) is 19.3. The third kappa shape index (κ3) is 4.14. The van der Waals surface area contributed by atoms with Crippen molar-refractivity contribution in [1.29, 1.82) is 0 Å². The molecule has 0 bridgehead atoms. The van der Waals surface area contributed by atoms with Crippen LogP contribution in [0.2, 0.25) is 0 Å². The van der Waals surface area contributed by atoms with Crippen LogP contribution in [0.1, 0.15) is 23.2 Å². The SMILES string of the molecule is O=C(c1cccc(Oc2ccccn2)c1)N1CCN(C(=O)C2CCCO2)CC1. The quantitative estimate of drug-likeness (QED) is 0.813. The Balaban J connectivity index is 1.36. The monoisotopic (exact) mass is 381 g/mol. The fraction of sp³-hybridized carbons (Fsp3) is 0.381. The molecule has 1 aromatic carbocycles. The summed E-state index contributed by atoms with van der Waals surface area (Å²) in [7, 11) is 0. The Bertz CT molecular complexity index is 829. The van der Waals surface area contributed by atoms with Crippen molar-refractivity contribution >= 4 is 11.8 Å². The number of carbonyl (C=O) groups is 2. The van der Waals surface area contributed by atoms with Gasteiger partial charge in [-0.05, 0) is 37.1 Å². The van der Waals surface area contributed by atoms with Crippen LogP contribution >= 0.6 is 0 Å². The number of hydrogen-bond acceptors (Lipinski definition) is 5. The summed E-state index contributed by atoms with van der Waals surface area (Å²) in [5, 5.41) is 0. The van der Waals surface area contributed by atoms with Crippen molar-refractivity contribution < 1.29 is 19.1 Å². The average Bonchev–Trinajstić information content (AvgIpc) is 3.29. The number of pyridine rings is 1. The molecule has 2 aliphatic rings. The Labute approximate surface area is 163 Å². The largest absolute Gasteiger partial charge is 0.439 e. The summed E-state index contributed by atoms with van der Waals surface area (Å²) in [5.74, 6) is 1.04. The number of amides is 2. The zero-order valence-electron chi connectivity index (χ0n) is 15.6. The smallest absolute Gasteiger partial charge is 0.254 e. The predicted molar refractivity (Wildman–Crippen MR) is 102 cm³/mol. The summed E-state index contributed by atoms with van der Waals surface area (Å²) in [4.78, 5) is 33.0. The first-order valence-corrected chi connectivity index (χ1v) is 9.59. The van der Waals surface area contributed by atoms with E-state index in [0.717, 1.165) is 12.8 Å². The standard InChI is InChI=1S/C21H23N3O4/c25-20(16-5-3-6-17(15-16)28-19-8-1-2-9-22-19)23-10-12-24(13-11-23)21(26)18-7-4-14-27-18/h1-3,5-6,8-9,15,18H,4,7,10-14H2.